The molecule has 0 radical (unpaired) electrons. The first-order chi connectivity index (χ1) is 14.5. The first-order valence-corrected chi connectivity index (χ1v) is 11.5. The van der Waals surface area contributed by atoms with Crippen molar-refractivity contribution in [1.82, 2.24) is 9.80 Å². The molecule has 2 aromatic rings. The van der Waals surface area contributed by atoms with E-state index in [9.17, 15) is 4.79 Å². The van der Waals surface area contributed by atoms with Crippen molar-refractivity contribution in [3.05, 3.63) is 64.7 Å². The van der Waals surface area contributed by atoms with E-state index in [-0.39, 0.29) is 5.91 Å². The van der Waals surface area contributed by atoms with Gasteiger partial charge in [-0.2, -0.15) is 0 Å². The number of nitrogens with one attached hydrogen (secondary N) is 1. The van der Waals surface area contributed by atoms with E-state index in [0.717, 1.165) is 37.2 Å². The van der Waals surface area contributed by atoms with Gasteiger partial charge in [0.05, 0.1) is 6.42 Å². The Morgan fingerprint density at radius 3 is 2.57 bits per heavy atom. The molecular weight excluding hydrogens is 394 g/mol. The highest BCUT2D eigenvalue weighted by molar-refractivity contribution is 6.30. The Bertz CT molecular complexity index is 867. The van der Waals surface area contributed by atoms with Crippen molar-refractivity contribution in [3.8, 4) is 0 Å². The van der Waals surface area contributed by atoms with E-state index in [1.165, 1.54) is 12.0 Å². The van der Waals surface area contributed by atoms with Gasteiger partial charge in [-0.3, -0.25) is 9.69 Å². The topological polar surface area (TPSA) is 35.6 Å². The smallest absolute Gasteiger partial charge is 0.227 e. The maximum Gasteiger partial charge on any atom is 0.227 e. The van der Waals surface area contributed by atoms with Crippen LogP contribution in [0.25, 0.3) is 0 Å². The number of rotatable bonds is 3. The van der Waals surface area contributed by atoms with Crippen LogP contribution in [0.15, 0.2) is 48.5 Å². The summed E-state index contributed by atoms with van der Waals surface area (Å²) in [5, 5.41) is 4.34. The molecule has 1 saturated heterocycles. The van der Waals surface area contributed by atoms with E-state index in [4.69, 9.17) is 11.6 Å². The molecule has 0 aliphatic carbocycles. The zero-order valence-electron chi connectivity index (χ0n) is 18.0. The number of hydrogen-bond acceptors (Lipinski definition) is 3. The van der Waals surface area contributed by atoms with Crippen LogP contribution in [0.4, 0.5) is 5.69 Å². The molecule has 1 amide bonds. The van der Waals surface area contributed by atoms with Crippen LogP contribution in [0.2, 0.25) is 5.02 Å². The molecule has 2 heterocycles. The first-order valence-electron chi connectivity index (χ1n) is 11.1. The molecule has 0 saturated carbocycles. The van der Waals surface area contributed by atoms with Gasteiger partial charge in [-0.25, -0.2) is 0 Å². The number of nitrogens with zero attached hydrogens (tertiary/aromatic N) is 2. The number of para-hydroxylation sites is 1. The molecule has 1 fully saturated rings. The van der Waals surface area contributed by atoms with Crippen molar-refractivity contribution in [2.45, 2.75) is 64.2 Å². The van der Waals surface area contributed by atoms with Crippen molar-refractivity contribution in [3.63, 3.8) is 0 Å². The molecule has 2 bridgehead atoms. The first kappa shape index (κ1) is 21.2. The largest absolute Gasteiger partial charge is 0.385 e. The second-order valence-electron chi connectivity index (χ2n) is 8.88. The minimum absolute atomic E-state index is 0.179. The molecule has 4 rings (SSSR count). The van der Waals surface area contributed by atoms with Crippen LogP contribution in [0.5, 0.6) is 0 Å². The fourth-order valence-electron chi connectivity index (χ4n) is 5.11. The zero-order valence-corrected chi connectivity index (χ0v) is 18.7. The van der Waals surface area contributed by atoms with Crippen LogP contribution >= 0.6 is 11.6 Å². The SMILES string of the molecule is CC(C)N1[C@H]2CCNc3ccccc3CN(C(=O)Cc3ccc(Cl)cc3)C[C@@H]1CC2. The van der Waals surface area contributed by atoms with Crippen molar-refractivity contribution in [2.75, 3.05) is 18.4 Å². The lowest BCUT2D eigenvalue weighted by molar-refractivity contribution is -0.132. The summed E-state index contributed by atoms with van der Waals surface area (Å²) in [4.78, 5) is 18.1. The number of benzene rings is 2. The highest BCUT2D eigenvalue weighted by Crippen LogP contribution is 2.31. The lowest BCUT2D eigenvalue weighted by atomic mass is 10.1. The highest BCUT2D eigenvalue weighted by atomic mass is 35.5. The van der Waals surface area contributed by atoms with Crippen LogP contribution in [0, 0.1) is 0 Å². The van der Waals surface area contributed by atoms with E-state index in [0.29, 0.717) is 36.1 Å². The molecule has 4 nitrogen and oxygen atoms in total. The minimum atomic E-state index is 0.179. The van der Waals surface area contributed by atoms with Gasteiger partial charge >= 0.3 is 0 Å². The van der Waals surface area contributed by atoms with Crippen molar-refractivity contribution in [2.24, 2.45) is 0 Å². The second kappa shape index (κ2) is 9.40. The molecule has 0 spiro atoms. The number of fused-ring (bicyclic) bond motifs is 3. The molecule has 160 valence electrons. The number of hydrogen-bond donors (Lipinski definition) is 1. The predicted molar refractivity (Wildman–Crippen MR) is 124 cm³/mol. The van der Waals surface area contributed by atoms with Crippen molar-refractivity contribution >= 4 is 23.2 Å². The van der Waals surface area contributed by atoms with Crippen LogP contribution < -0.4 is 5.32 Å². The molecule has 1 N–H and O–H groups in total. The van der Waals surface area contributed by atoms with Crippen LogP contribution in [0.1, 0.15) is 44.2 Å². The molecule has 2 aliphatic heterocycles. The minimum Gasteiger partial charge on any atom is -0.385 e. The van der Waals surface area contributed by atoms with Gasteiger partial charge in [-0.05, 0) is 62.4 Å². The summed E-state index contributed by atoms with van der Waals surface area (Å²) in [6, 6.07) is 17.5. The molecule has 0 aromatic heterocycles. The summed E-state index contributed by atoms with van der Waals surface area (Å²) in [5.74, 6) is 0.179. The van der Waals surface area contributed by atoms with Gasteiger partial charge in [0, 0.05) is 48.5 Å². The summed E-state index contributed by atoms with van der Waals surface area (Å²) < 4.78 is 0. The maximum atomic E-state index is 13.4. The Labute approximate surface area is 185 Å². The molecule has 30 heavy (non-hydrogen) atoms. The molecule has 0 unspecified atom stereocenters. The summed E-state index contributed by atoms with van der Waals surface area (Å²) in [7, 11) is 0. The second-order valence-corrected chi connectivity index (χ2v) is 9.31. The van der Waals surface area contributed by atoms with Crippen LogP contribution in [0.3, 0.4) is 0 Å². The molecule has 5 heteroatoms. The fourth-order valence-corrected chi connectivity index (χ4v) is 5.24. The molecular formula is C25H32ClN3O. The number of anilines is 1. The summed E-state index contributed by atoms with van der Waals surface area (Å²) in [6.45, 7) is 6.97. The molecule has 2 atom stereocenters. The Morgan fingerprint density at radius 2 is 1.80 bits per heavy atom. The van der Waals surface area contributed by atoms with E-state index >= 15 is 0 Å². The normalized spacial score (nSPS) is 22.3. The Kier molecular flexibility index (Phi) is 6.64. The highest BCUT2D eigenvalue weighted by Gasteiger charge is 2.36. The van der Waals surface area contributed by atoms with Gasteiger partial charge < -0.3 is 10.2 Å². The van der Waals surface area contributed by atoms with E-state index in [2.05, 4.69) is 53.2 Å². The van der Waals surface area contributed by atoms with Gasteiger partial charge in [0.15, 0.2) is 0 Å². The fraction of sp³-hybridized carbons (Fsp3) is 0.480. The third-order valence-electron chi connectivity index (χ3n) is 6.50. The maximum absolute atomic E-state index is 13.4. The number of carbonyl (C=O) groups is 1. The predicted octanol–water partition coefficient (Wildman–Crippen LogP) is 4.97. The third kappa shape index (κ3) is 4.81. The van der Waals surface area contributed by atoms with Crippen molar-refractivity contribution < 1.29 is 4.79 Å². The number of carbonyl (C=O) groups excluding carboxylic acids is 1. The van der Waals surface area contributed by atoms with Gasteiger partial charge in [0.1, 0.15) is 0 Å². The van der Waals surface area contributed by atoms with Gasteiger partial charge in [0.25, 0.3) is 0 Å². The summed E-state index contributed by atoms with van der Waals surface area (Å²) >= 11 is 6.02. The molecule has 2 aliphatic rings. The quantitative estimate of drug-likeness (QED) is 0.754. The van der Waals surface area contributed by atoms with Crippen LogP contribution in [-0.2, 0) is 17.8 Å². The summed E-state index contributed by atoms with van der Waals surface area (Å²) in [5.41, 5.74) is 3.35. The Balaban J connectivity index is 1.61. The lowest BCUT2D eigenvalue weighted by Crippen LogP contribution is -2.48. The van der Waals surface area contributed by atoms with Gasteiger partial charge in [0.2, 0.25) is 5.91 Å². The van der Waals surface area contributed by atoms with Crippen molar-refractivity contribution in [1.29, 1.82) is 0 Å². The average Bonchev–Trinajstić information content (AvgIpc) is 3.11. The summed E-state index contributed by atoms with van der Waals surface area (Å²) in [6.07, 6.45) is 3.92. The Hall–Kier alpha value is -2.04. The lowest BCUT2D eigenvalue weighted by Gasteiger charge is -2.36. The standard InChI is InChI=1S/C25H32ClN3O/c1-18(2)29-22-11-12-23(29)17-28(25(30)15-19-7-9-21(26)10-8-19)16-20-5-3-4-6-24(20)27-14-13-22/h3-10,18,22-23,27H,11-17H2,1-2H3/t22-,23+/m1/s1. The molecule has 2 aromatic carbocycles. The number of halogens is 1. The van der Waals surface area contributed by atoms with Crippen LogP contribution in [-0.4, -0.2) is 46.9 Å². The zero-order chi connectivity index (χ0) is 21.1. The Morgan fingerprint density at radius 1 is 1.07 bits per heavy atom. The average molecular weight is 426 g/mol. The third-order valence-corrected chi connectivity index (χ3v) is 6.75. The van der Waals surface area contributed by atoms with Gasteiger partial charge in [-0.1, -0.05) is 41.9 Å². The monoisotopic (exact) mass is 425 g/mol. The van der Waals surface area contributed by atoms with E-state index < -0.39 is 0 Å². The van der Waals surface area contributed by atoms with Gasteiger partial charge in [-0.15, -0.1) is 0 Å². The van der Waals surface area contributed by atoms with E-state index in [1.54, 1.807) is 0 Å². The number of amides is 1. The van der Waals surface area contributed by atoms with E-state index in [1.807, 2.05) is 24.3 Å².